The summed E-state index contributed by atoms with van der Waals surface area (Å²) in [6.45, 7) is 1.89. The molecule has 1 heterocycles. The third-order valence-corrected chi connectivity index (χ3v) is 4.16. The largest absolute Gasteiger partial charge is 0.368 e. The minimum absolute atomic E-state index is 0.111. The highest BCUT2D eigenvalue weighted by atomic mass is 32.2. The Morgan fingerprint density at radius 3 is 2.52 bits per heavy atom. The molecule has 0 bridgehead atoms. The molecule has 2 aromatic rings. The molecule has 1 aromatic heterocycles. The van der Waals surface area contributed by atoms with Crippen LogP contribution < -0.4 is 16.8 Å². The van der Waals surface area contributed by atoms with Crippen LogP contribution >= 0.6 is 11.8 Å². The first-order chi connectivity index (χ1) is 11.0. The normalized spacial score (nSPS) is 11.7. The predicted molar refractivity (Wildman–Crippen MR) is 87.8 cm³/mol. The van der Waals surface area contributed by atoms with E-state index in [1.807, 2.05) is 6.92 Å². The van der Waals surface area contributed by atoms with Gasteiger partial charge in [-0.25, -0.2) is 9.97 Å². The van der Waals surface area contributed by atoms with Crippen molar-refractivity contribution in [1.82, 2.24) is 15.0 Å². The SMILES string of the molecule is CCC(Sc1ncnc(N)n1)C(=O)Nc1ccc(C(N)=O)cc1. The van der Waals surface area contributed by atoms with Crippen LogP contribution in [-0.2, 0) is 4.79 Å². The average molecular weight is 332 g/mol. The van der Waals surface area contributed by atoms with Crippen LogP contribution in [0.15, 0.2) is 35.7 Å². The molecule has 2 rings (SSSR count). The van der Waals surface area contributed by atoms with Gasteiger partial charge in [0.2, 0.25) is 17.8 Å². The summed E-state index contributed by atoms with van der Waals surface area (Å²) in [5.41, 5.74) is 11.6. The number of carbonyl (C=O) groups excluding carboxylic acids is 2. The highest BCUT2D eigenvalue weighted by Gasteiger charge is 2.19. The molecule has 0 saturated carbocycles. The molecule has 0 aliphatic rings. The maximum atomic E-state index is 12.3. The van der Waals surface area contributed by atoms with E-state index >= 15 is 0 Å². The van der Waals surface area contributed by atoms with Crippen LogP contribution in [0.5, 0.6) is 0 Å². The maximum absolute atomic E-state index is 12.3. The highest BCUT2D eigenvalue weighted by Crippen LogP contribution is 2.23. The number of primary amides is 1. The van der Waals surface area contributed by atoms with Gasteiger partial charge in [0.1, 0.15) is 6.33 Å². The number of anilines is 2. The zero-order valence-corrected chi connectivity index (χ0v) is 13.2. The predicted octanol–water partition coefficient (Wildman–Crippen LogP) is 1.06. The smallest absolute Gasteiger partial charge is 0.248 e. The molecule has 0 radical (unpaired) electrons. The Kier molecular flexibility index (Phi) is 5.47. The average Bonchev–Trinajstić information content (AvgIpc) is 2.53. The van der Waals surface area contributed by atoms with E-state index in [1.54, 1.807) is 24.3 Å². The topological polar surface area (TPSA) is 137 Å². The van der Waals surface area contributed by atoms with E-state index in [0.29, 0.717) is 22.8 Å². The molecule has 0 spiro atoms. The van der Waals surface area contributed by atoms with E-state index in [9.17, 15) is 9.59 Å². The van der Waals surface area contributed by atoms with Crippen LogP contribution in [0.25, 0.3) is 0 Å². The number of hydrogen-bond acceptors (Lipinski definition) is 7. The molecule has 23 heavy (non-hydrogen) atoms. The molecule has 1 aromatic carbocycles. The van der Waals surface area contributed by atoms with Gasteiger partial charge in [-0.3, -0.25) is 9.59 Å². The number of nitrogen functional groups attached to an aromatic ring is 1. The van der Waals surface area contributed by atoms with Gasteiger partial charge in [-0.15, -0.1) is 0 Å². The van der Waals surface area contributed by atoms with Gasteiger partial charge < -0.3 is 16.8 Å². The Labute approximate surface area is 137 Å². The van der Waals surface area contributed by atoms with Crippen LogP contribution in [0.1, 0.15) is 23.7 Å². The Balaban J connectivity index is 2.03. The van der Waals surface area contributed by atoms with Crippen molar-refractivity contribution < 1.29 is 9.59 Å². The Morgan fingerprint density at radius 2 is 1.96 bits per heavy atom. The van der Waals surface area contributed by atoms with Crippen LogP contribution in [0.4, 0.5) is 11.6 Å². The number of benzene rings is 1. The Bertz CT molecular complexity index is 707. The first kappa shape index (κ1) is 16.7. The summed E-state index contributed by atoms with van der Waals surface area (Å²) in [4.78, 5) is 35.0. The molecule has 8 nitrogen and oxygen atoms in total. The Morgan fingerprint density at radius 1 is 1.26 bits per heavy atom. The molecular formula is C14H16N6O2S. The minimum atomic E-state index is -0.516. The van der Waals surface area contributed by atoms with Crippen molar-refractivity contribution in [2.75, 3.05) is 11.1 Å². The maximum Gasteiger partial charge on any atom is 0.248 e. The number of hydrogen-bond donors (Lipinski definition) is 3. The molecule has 2 amide bonds. The summed E-state index contributed by atoms with van der Waals surface area (Å²) in [5.74, 6) is -0.597. The molecular weight excluding hydrogens is 316 g/mol. The van der Waals surface area contributed by atoms with E-state index < -0.39 is 5.91 Å². The van der Waals surface area contributed by atoms with Crippen molar-refractivity contribution in [2.45, 2.75) is 23.8 Å². The summed E-state index contributed by atoms with van der Waals surface area (Å²) in [6.07, 6.45) is 1.89. The lowest BCUT2D eigenvalue weighted by Gasteiger charge is -2.13. The Hall–Kier alpha value is -2.68. The second-order valence-electron chi connectivity index (χ2n) is 4.57. The quantitative estimate of drug-likeness (QED) is 0.673. The number of nitrogens with one attached hydrogen (secondary N) is 1. The third-order valence-electron chi connectivity index (χ3n) is 2.92. The standard InChI is InChI=1S/C14H16N6O2S/c1-2-10(23-14-18-7-17-13(16)20-14)12(22)19-9-5-3-8(4-6-9)11(15)21/h3-7,10H,2H2,1H3,(H2,15,21)(H,19,22)(H2,16,17,18,20). The van der Waals surface area contributed by atoms with Gasteiger partial charge in [0.25, 0.3) is 0 Å². The highest BCUT2D eigenvalue weighted by molar-refractivity contribution is 8.00. The molecule has 0 aliphatic heterocycles. The molecule has 0 aliphatic carbocycles. The first-order valence-electron chi connectivity index (χ1n) is 6.81. The van der Waals surface area contributed by atoms with Crippen molar-refractivity contribution >= 4 is 35.2 Å². The molecule has 0 fully saturated rings. The number of nitrogens with zero attached hydrogens (tertiary/aromatic N) is 3. The van der Waals surface area contributed by atoms with Gasteiger partial charge >= 0.3 is 0 Å². The fraction of sp³-hybridized carbons (Fsp3) is 0.214. The van der Waals surface area contributed by atoms with Crippen molar-refractivity contribution in [3.8, 4) is 0 Å². The summed E-state index contributed by atoms with van der Waals surface area (Å²) in [5, 5.41) is 2.79. The van der Waals surface area contributed by atoms with Crippen molar-refractivity contribution in [2.24, 2.45) is 5.73 Å². The van der Waals surface area contributed by atoms with E-state index in [4.69, 9.17) is 11.5 Å². The van der Waals surface area contributed by atoms with Crippen LogP contribution in [0.3, 0.4) is 0 Å². The third kappa shape index (κ3) is 4.65. The number of thioether (sulfide) groups is 1. The van der Waals surface area contributed by atoms with Gasteiger partial charge in [-0.05, 0) is 30.7 Å². The lowest BCUT2D eigenvalue weighted by atomic mass is 10.2. The lowest BCUT2D eigenvalue weighted by molar-refractivity contribution is -0.115. The second kappa shape index (κ2) is 7.54. The first-order valence-corrected chi connectivity index (χ1v) is 7.69. The van der Waals surface area contributed by atoms with Gasteiger partial charge in [0.05, 0.1) is 5.25 Å². The summed E-state index contributed by atoms with van der Waals surface area (Å²) < 4.78 is 0. The zero-order valence-electron chi connectivity index (χ0n) is 12.4. The number of amides is 2. The molecule has 0 saturated heterocycles. The molecule has 9 heteroatoms. The number of carbonyl (C=O) groups is 2. The molecule has 1 unspecified atom stereocenters. The van der Waals surface area contributed by atoms with Crippen LogP contribution in [-0.4, -0.2) is 32.0 Å². The van der Waals surface area contributed by atoms with E-state index in [2.05, 4.69) is 20.3 Å². The monoisotopic (exact) mass is 332 g/mol. The second-order valence-corrected chi connectivity index (χ2v) is 5.74. The van der Waals surface area contributed by atoms with E-state index in [-0.39, 0.29) is 17.1 Å². The lowest BCUT2D eigenvalue weighted by Crippen LogP contribution is -2.25. The van der Waals surface area contributed by atoms with E-state index in [0.717, 1.165) is 0 Å². The van der Waals surface area contributed by atoms with Gasteiger partial charge in [0.15, 0.2) is 5.16 Å². The van der Waals surface area contributed by atoms with E-state index in [1.165, 1.54) is 18.1 Å². The van der Waals surface area contributed by atoms with Gasteiger partial charge in [0, 0.05) is 11.3 Å². The number of rotatable bonds is 6. The van der Waals surface area contributed by atoms with Crippen molar-refractivity contribution in [1.29, 1.82) is 0 Å². The number of aromatic nitrogens is 3. The summed E-state index contributed by atoms with van der Waals surface area (Å²) >= 11 is 1.21. The van der Waals surface area contributed by atoms with Crippen molar-refractivity contribution in [3.05, 3.63) is 36.2 Å². The fourth-order valence-corrected chi connectivity index (χ4v) is 2.58. The summed E-state index contributed by atoms with van der Waals surface area (Å²) in [7, 11) is 0. The zero-order chi connectivity index (χ0) is 16.8. The van der Waals surface area contributed by atoms with Crippen LogP contribution in [0.2, 0.25) is 0 Å². The minimum Gasteiger partial charge on any atom is -0.368 e. The van der Waals surface area contributed by atoms with Crippen LogP contribution in [0, 0.1) is 0 Å². The molecule has 1 atom stereocenters. The number of nitrogens with two attached hydrogens (primary N) is 2. The van der Waals surface area contributed by atoms with Gasteiger partial charge in [-0.2, -0.15) is 4.98 Å². The molecule has 120 valence electrons. The fourth-order valence-electron chi connectivity index (χ4n) is 1.74. The summed E-state index contributed by atoms with van der Waals surface area (Å²) in [6, 6.07) is 6.35. The molecule has 5 N–H and O–H groups in total. The van der Waals surface area contributed by atoms with Gasteiger partial charge in [-0.1, -0.05) is 18.7 Å². The van der Waals surface area contributed by atoms with Crippen molar-refractivity contribution in [3.63, 3.8) is 0 Å².